The number of nitrogens with one attached hydrogen (secondary N) is 1. The molecule has 0 spiro atoms. The summed E-state index contributed by atoms with van der Waals surface area (Å²) in [6.45, 7) is 5.59. The van der Waals surface area contributed by atoms with Gasteiger partial charge in [0.1, 0.15) is 0 Å². The lowest BCUT2D eigenvalue weighted by Gasteiger charge is -2.12. The highest BCUT2D eigenvalue weighted by atomic mass is 35.5. The largest absolute Gasteiger partial charge is 0.489 e. The number of ether oxygens (including phenoxy) is 2. The predicted octanol–water partition coefficient (Wildman–Crippen LogP) is 3.25. The minimum Gasteiger partial charge on any atom is -0.489 e. The third-order valence-electron chi connectivity index (χ3n) is 3.87. The van der Waals surface area contributed by atoms with E-state index in [1.54, 1.807) is 0 Å². The summed E-state index contributed by atoms with van der Waals surface area (Å²) in [7, 11) is 0. The van der Waals surface area contributed by atoms with E-state index in [1.165, 1.54) is 6.42 Å². The van der Waals surface area contributed by atoms with E-state index in [1.807, 2.05) is 12.1 Å². The number of benzene rings is 1. The van der Waals surface area contributed by atoms with E-state index in [0.29, 0.717) is 24.0 Å². The molecule has 19 heavy (non-hydrogen) atoms. The average Bonchev–Trinajstić information content (AvgIpc) is 3.12. The molecular formula is C15H20ClNO2. The summed E-state index contributed by atoms with van der Waals surface area (Å²) >= 11 is 6.26. The summed E-state index contributed by atoms with van der Waals surface area (Å²) < 4.78 is 11.3. The third kappa shape index (κ3) is 3.15. The molecule has 1 aliphatic heterocycles. The van der Waals surface area contributed by atoms with Gasteiger partial charge >= 0.3 is 0 Å². The van der Waals surface area contributed by atoms with Gasteiger partial charge in [0.25, 0.3) is 0 Å². The molecule has 3 nitrogen and oxygen atoms in total. The zero-order valence-electron chi connectivity index (χ0n) is 11.2. The van der Waals surface area contributed by atoms with Gasteiger partial charge in [-0.3, -0.25) is 0 Å². The summed E-state index contributed by atoms with van der Waals surface area (Å²) in [6, 6.07) is 4.01. The molecule has 3 rings (SSSR count). The zero-order chi connectivity index (χ0) is 13.2. The van der Waals surface area contributed by atoms with Crippen LogP contribution in [0.15, 0.2) is 12.1 Å². The van der Waals surface area contributed by atoms with Gasteiger partial charge in [0.15, 0.2) is 11.5 Å². The quantitative estimate of drug-likeness (QED) is 0.919. The molecule has 0 amide bonds. The van der Waals surface area contributed by atoms with Crippen LogP contribution in [0.25, 0.3) is 0 Å². The monoisotopic (exact) mass is 281 g/mol. The van der Waals surface area contributed by atoms with Crippen LogP contribution in [-0.2, 0) is 6.54 Å². The van der Waals surface area contributed by atoms with Crippen LogP contribution in [0, 0.1) is 11.8 Å². The third-order valence-corrected chi connectivity index (χ3v) is 4.15. The van der Waals surface area contributed by atoms with Gasteiger partial charge in [-0.05, 0) is 42.5 Å². The summed E-state index contributed by atoms with van der Waals surface area (Å²) in [5, 5.41) is 4.14. The van der Waals surface area contributed by atoms with E-state index in [2.05, 4.69) is 12.2 Å². The maximum absolute atomic E-state index is 6.26. The second-order valence-corrected chi connectivity index (χ2v) is 5.97. The highest BCUT2D eigenvalue weighted by molar-refractivity contribution is 6.32. The fourth-order valence-corrected chi connectivity index (χ4v) is 2.76. The predicted molar refractivity (Wildman–Crippen MR) is 76.0 cm³/mol. The van der Waals surface area contributed by atoms with Crippen molar-refractivity contribution >= 4 is 11.6 Å². The van der Waals surface area contributed by atoms with E-state index in [9.17, 15) is 0 Å². The van der Waals surface area contributed by atoms with Crippen molar-refractivity contribution in [3.05, 3.63) is 22.7 Å². The number of fused-ring (bicyclic) bond motifs is 1. The Morgan fingerprint density at radius 2 is 2.11 bits per heavy atom. The van der Waals surface area contributed by atoms with Crippen molar-refractivity contribution in [1.82, 2.24) is 5.32 Å². The zero-order valence-corrected chi connectivity index (χ0v) is 12.0. The van der Waals surface area contributed by atoms with Crippen molar-refractivity contribution < 1.29 is 9.47 Å². The Balaban J connectivity index is 1.64. The SMILES string of the molecule is CC1CC1CNCc1cc(Cl)c2c(c1)OCCCO2. The van der Waals surface area contributed by atoms with Gasteiger partial charge in [-0.25, -0.2) is 0 Å². The molecule has 1 aliphatic carbocycles. The lowest BCUT2D eigenvalue weighted by atomic mass is 10.2. The van der Waals surface area contributed by atoms with Crippen LogP contribution in [0.1, 0.15) is 25.3 Å². The Labute approximate surface area is 119 Å². The normalized spacial score (nSPS) is 24.9. The molecule has 1 heterocycles. The maximum atomic E-state index is 6.26. The first-order valence-electron chi connectivity index (χ1n) is 7.03. The van der Waals surface area contributed by atoms with Gasteiger partial charge in [-0.1, -0.05) is 18.5 Å². The molecule has 2 aliphatic rings. The molecule has 0 saturated heterocycles. The van der Waals surface area contributed by atoms with E-state index in [0.717, 1.165) is 42.7 Å². The molecule has 0 radical (unpaired) electrons. The molecule has 2 atom stereocenters. The molecule has 2 unspecified atom stereocenters. The first-order chi connectivity index (χ1) is 9.24. The van der Waals surface area contributed by atoms with Crippen molar-refractivity contribution in [3.63, 3.8) is 0 Å². The van der Waals surface area contributed by atoms with E-state index >= 15 is 0 Å². The number of halogens is 1. The maximum Gasteiger partial charge on any atom is 0.179 e. The lowest BCUT2D eigenvalue weighted by Crippen LogP contribution is -2.16. The fraction of sp³-hybridized carbons (Fsp3) is 0.600. The molecule has 1 saturated carbocycles. The van der Waals surface area contributed by atoms with Crippen LogP contribution in [0.2, 0.25) is 5.02 Å². The van der Waals surface area contributed by atoms with Crippen LogP contribution in [0.3, 0.4) is 0 Å². The number of rotatable bonds is 4. The van der Waals surface area contributed by atoms with Crippen LogP contribution in [0.5, 0.6) is 11.5 Å². The van der Waals surface area contributed by atoms with Gasteiger partial charge in [0, 0.05) is 13.0 Å². The molecule has 1 aromatic carbocycles. The standard InChI is InChI=1S/C15H20ClNO2/c1-10-5-12(10)9-17-8-11-6-13(16)15-14(7-11)18-3-2-4-19-15/h6-7,10,12,17H,2-5,8-9H2,1H3. The second-order valence-electron chi connectivity index (χ2n) is 5.56. The lowest BCUT2D eigenvalue weighted by molar-refractivity contribution is 0.297. The molecule has 104 valence electrons. The molecule has 0 aromatic heterocycles. The molecule has 1 N–H and O–H groups in total. The van der Waals surface area contributed by atoms with Gasteiger partial charge in [-0.15, -0.1) is 0 Å². The Morgan fingerprint density at radius 1 is 1.32 bits per heavy atom. The summed E-state index contributed by atoms with van der Waals surface area (Å²) in [6.07, 6.45) is 2.26. The molecular weight excluding hydrogens is 262 g/mol. The summed E-state index contributed by atoms with van der Waals surface area (Å²) in [4.78, 5) is 0. The summed E-state index contributed by atoms with van der Waals surface area (Å²) in [5.41, 5.74) is 1.16. The summed E-state index contributed by atoms with van der Waals surface area (Å²) in [5.74, 6) is 3.22. The van der Waals surface area contributed by atoms with Gasteiger partial charge in [-0.2, -0.15) is 0 Å². The fourth-order valence-electron chi connectivity index (χ4n) is 2.47. The minimum atomic E-state index is 0.649. The van der Waals surface area contributed by atoms with Crippen LogP contribution < -0.4 is 14.8 Å². The molecule has 4 heteroatoms. The topological polar surface area (TPSA) is 30.5 Å². The average molecular weight is 282 g/mol. The Kier molecular flexibility index (Phi) is 3.85. The molecule has 1 fully saturated rings. The van der Waals surface area contributed by atoms with Gasteiger partial charge in [0.05, 0.1) is 18.2 Å². The van der Waals surface area contributed by atoms with E-state index in [4.69, 9.17) is 21.1 Å². The molecule has 1 aromatic rings. The van der Waals surface area contributed by atoms with Crippen molar-refractivity contribution in [1.29, 1.82) is 0 Å². The van der Waals surface area contributed by atoms with Crippen LogP contribution in [-0.4, -0.2) is 19.8 Å². The van der Waals surface area contributed by atoms with E-state index < -0.39 is 0 Å². The first-order valence-corrected chi connectivity index (χ1v) is 7.40. The second kappa shape index (κ2) is 5.59. The Hall–Kier alpha value is -0.930. The van der Waals surface area contributed by atoms with Crippen molar-refractivity contribution in [3.8, 4) is 11.5 Å². The number of hydrogen-bond donors (Lipinski definition) is 1. The van der Waals surface area contributed by atoms with Crippen molar-refractivity contribution in [2.24, 2.45) is 11.8 Å². The van der Waals surface area contributed by atoms with Crippen LogP contribution >= 0.6 is 11.6 Å². The minimum absolute atomic E-state index is 0.649. The highest BCUT2D eigenvalue weighted by Gasteiger charge is 2.31. The molecule has 0 bridgehead atoms. The first kappa shape index (κ1) is 13.1. The Bertz CT molecular complexity index is 464. The van der Waals surface area contributed by atoms with Crippen molar-refractivity contribution in [2.75, 3.05) is 19.8 Å². The van der Waals surface area contributed by atoms with Gasteiger partial charge in [0.2, 0.25) is 0 Å². The van der Waals surface area contributed by atoms with E-state index in [-0.39, 0.29) is 0 Å². The smallest absolute Gasteiger partial charge is 0.179 e. The number of hydrogen-bond acceptors (Lipinski definition) is 3. The Morgan fingerprint density at radius 3 is 2.89 bits per heavy atom. The van der Waals surface area contributed by atoms with Crippen LogP contribution in [0.4, 0.5) is 0 Å². The van der Waals surface area contributed by atoms with Crippen molar-refractivity contribution in [2.45, 2.75) is 26.3 Å². The van der Waals surface area contributed by atoms with Gasteiger partial charge < -0.3 is 14.8 Å². The highest BCUT2D eigenvalue weighted by Crippen LogP contribution is 2.38.